The molecule has 22 heavy (non-hydrogen) atoms. The van der Waals surface area contributed by atoms with E-state index in [9.17, 15) is 4.79 Å². The van der Waals surface area contributed by atoms with Crippen molar-refractivity contribution < 1.29 is 4.79 Å². The van der Waals surface area contributed by atoms with Gasteiger partial charge in [0.2, 0.25) is 0 Å². The molecule has 3 heteroatoms. The SMILES string of the molecule is O=C1C(=Cc2ccccc2I)CCC1=Cc1ccccc1I. The monoisotopic (exact) mass is 512 g/mol. The second kappa shape index (κ2) is 7.08. The molecule has 0 atom stereocenters. The summed E-state index contributed by atoms with van der Waals surface area (Å²) in [6.07, 6.45) is 5.75. The average molecular weight is 512 g/mol. The van der Waals surface area contributed by atoms with Crippen LogP contribution in [0.5, 0.6) is 0 Å². The maximum Gasteiger partial charge on any atom is 0.185 e. The van der Waals surface area contributed by atoms with E-state index in [0.717, 1.165) is 35.1 Å². The van der Waals surface area contributed by atoms with Crippen molar-refractivity contribution in [2.24, 2.45) is 0 Å². The maximum atomic E-state index is 12.6. The van der Waals surface area contributed by atoms with Crippen molar-refractivity contribution in [2.75, 3.05) is 0 Å². The van der Waals surface area contributed by atoms with E-state index in [2.05, 4.69) is 69.4 Å². The molecule has 1 saturated carbocycles. The summed E-state index contributed by atoms with van der Waals surface area (Å²) in [6.45, 7) is 0. The molecule has 0 amide bonds. The number of hydrogen-bond donors (Lipinski definition) is 0. The van der Waals surface area contributed by atoms with Crippen molar-refractivity contribution >= 4 is 63.1 Å². The second-order valence-corrected chi connectivity index (χ2v) is 7.54. The van der Waals surface area contributed by atoms with Gasteiger partial charge in [0, 0.05) is 18.3 Å². The quantitative estimate of drug-likeness (QED) is 0.372. The van der Waals surface area contributed by atoms with Crippen LogP contribution in [0.3, 0.4) is 0 Å². The van der Waals surface area contributed by atoms with Crippen molar-refractivity contribution in [2.45, 2.75) is 12.8 Å². The Morgan fingerprint density at radius 2 is 1.14 bits per heavy atom. The minimum atomic E-state index is 0.194. The van der Waals surface area contributed by atoms with Crippen molar-refractivity contribution in [1.82, 2.24) is 0 Å². The molecule has 1 fully saturated rings. The molecule has 0 N–H and O–H groups in total. The van der Waals surface area contributed by atoms with Gasteiger partial charge in [-0.15, -0.1) is 0 Å². The molecule has 1 aliphatic carbocycles. The first-order valence-electron chi connectivity index (χ1n) is 7.10. The van der Waals surface area contributed by atoms with Crippen molar-refractivity contribution in [1.29, 1.82) is 0 Å². The highest BCUT2D eigenvalue weighted by Crippen LogP contribution is 2.31. The Balaban J connectivity index is 1.90. The molecule has 110 valence electrons. The fourth-order valence-electron chi connectivity index (χ4n) is 2.54. The molecule has 3 rings (SSSR count). The number of ketones is 1. The smallest absolute Gasteiger partial charge is 0.185 e. The third-order valence-corrected chi connectivity index (χ3v) is 5.68. The molecule has 0 aliphatic heterocycles. The number of Topliss-reactive ketones (excluding diaryl/α,β-unsaturated/α-hetero) is 1. The fourth-order valence-corrected chi connectivity index (χ4v) is 3.62. The molecule has 2 aromatic carbocycles. The highest BCUT2D eigenvalue weighted by molar-refractivity contribution is 14.1. The molecule has 0 spiro atoms. The lowest BCUT2D eigenvalue weighted by molar-refractivity contribution is -0.111. The van der Waals surface area contributed by atoms with Crippen LogP contribution in [0.2, 0.25) is 0 Å². The highest BCUT2D eigenvalue weighted by atomic mass is 127. The molecule has 0 radical (unpaired) electrons. The molecule has 0 saturated heterocycles. The summed E-state index contributed by atoms with van der Waals surface area (Å²) in [5.74, 6) is 0.194. The van der Waals surface area contributed by atoms with Crippen LogP contribution in [0.15, 0.2) is 59.7 Å². The Labute approximate surface area is 157 Å². The summed E-state index contributed by atoms with van der Waals surface area (Å²) >= 11 is 4.62. The van der Waals surface area contributed by atoms with Gasteiger partial charge in [-0.25, -0.2) is 0 Å². The number of carbonyl (C=O) groups excluding carboxylic acids is 1. The van der Waals surface area contributed by atoms with Gasteiger partial charge in [-0.2, -0.15) is 0 Å². The Hall–Kier alpha value is -0.950. The Kier molecular flexibility index (Phi) is 5.13. The summed E-state index contributed by atoms with van der Waals surface area (Å²) in [7, 11) is 0. The lowest BCUT2D eigenvalue weighted by atomic mass is 10.1. The van der Waals surface area contributed by atoms with Crippen LogP contribution in [0.1, 0.15) is 24.0 Å². The summed E-state index contributed by atoms with van der Waals surface area (Å²) in [4.78, 5) is 12.6. The van der Waals surface area contributed by atoms with Gasteiger partial charge < -0.3 is 0 Å². The number of halogens is 2. The number of hydrogen-bond acceptors (Lipinski definition) is 1. The molecular formula is C19H14I2O. The standard InChI is InChI=1S/C19H14I2O/c20-17-7-3-1-5-13(17)11-15-9-10-16(19(15)22)12-14-6-2-4-8-18(14)21/h1-8,11-12H,9-10H2. The van der Waals surface area contributed by atoms with E-state index in [-0.39, 0.29) is 5.78 Å². The van der Waals surface area contributed by atoms with Gasteiger partial charge >= 0.3 is 0 Å². The first kappa shape index (κ1) is 15.9. The summed E-state index contributed by atoms with van der Waals surface area (Å²) < 4.78 is 2.35. The van der Waals surface area contributed by atoms with E-state index in [4.69, 9.17) is 0 Å². The van der Waals surface area contributed by atoms with Gasteiger partial charge in [0.25, 0.3) is 0 Å². The third-order valence-electron chi connectivity index (χ3n) is 3.72. The third kappa shape index (κ3) is 3.51. The summed E-state index contributed by atoms with van der Waals surface area (Å²) in [6, 6.07) is 16.3. The van der Waals surface area contributed by atoms with Crippen LogP contribution < -0.4 is 0 Å². The van der Waals surface area contributed by atoms with Gasteiger partial charge in [0.1, 0.15) is 0 Å². The molecule has 0 aromatic heterocycles. The number of benzene rings is 2. The van der Waals surface area contributed by atoms with Gasteiger partial charge in [-0.1, -0.05) is 36.4 Å². The lowest BCUT2D eigenvalue weighted by Crippen LogP contribution is -1.96. The first-order valence-corrected chi connectivity index (χ1v) is 9.26. The maximum absolute atomic E-state index is 12.6. The normalized spacial score (nSPS) is 18.4. The molecule has 2 aromatic rings. The molecule has 1 aliphatic rings. The molecule has 0 bridgehead atoms. The average Bonchev–Trinajstić information content (AvgIpc) is 2.85. The Morgan fingerprint density at radius 1 is 0.727 bits per heavy atom. The van der Waals surface area contributed by atoms with E-state index < -0.39 is 0 Å². The number of rotatable bonds is 2. The number of carbonyl (C=O) groups is 1. The van der Waals surface area contributed by atoms with Crippen LogP contribution in [-0.2, 0) is 4.79 Å². The fraction of sp³-hybridized carbons (Fsp3) is 0.105. The molecule has 1 nitrogen and oxygen atoms in total. The second-order valence-electron chi connectivity index (χ2n) is 5.21. The van der Waals surface area contributed by atoms with Crippen LogP contribution >= 0.6 is 45.2 Å². The predicted octanol–water partition coefficient (Wildman–Crippen LogP) is 5.73. The van der Waals surface area contributed by atoms with E-state index >= 15 is 0 Å². The molecule has 0 unspecified atom stereocenters. The van der Waals surface area contributed by atoms with Crippen LogP contribution in [0.25, 0.3) is 12.2 Å². The minimum Gasteiger partial charge on any atom is -0.289 e. The zero-order valence-corrected chi connectivity index (χ0v) is 16.2. The van der Waals surface area contributed by atoms with E-state index in [1.54, 1.807) is 0 Å². The van der Waals surface area contributed by atoms with Crippen molar-refractivity contribution in [3.63, 3.8) is 0 Å². The van der Waals surface area contributed by atoms with E-state index in [1.165, 1.54) is 7.14 Å². The van der Waals surface area contributed by atoms with Crippen molar-refractivity contribution in [3.8, 4) is 0 Å². The first-order chi connectivity index (χ1) is 10.6. The summed E-state index contributed by atoms with van der Waals surface area (Å²) in [5, 5.41) is 0. The van der Waals surface area contributed by atoms with E-state index in [0.29, 0.717) is 0 Å². The van der Waals surface area contributed by atoms with Gasteiger partial charge in [-0.3, -0.25) is 4.79 Å². The topological polar surface area (TPSA) is 17.1 Å². The molecule has 0 heterocycles. The zero-order chi connectivity index (χ0) is 15.5. The van der Waals surface area contributed by atoms with Crippen LogP contribution in [0, 0.1) is 7.14 Å². The summed E-state index contributed by atoms with van der Waals surface area (Å²) in [5.41, 5.74) is 4.09. The van der Waals surface area contributed by atoms with Gasteiger partial charge in [0.15, 0.2) is 5.78 Å². The zero-order valence-electron chi connectivity index (χ0n) is 11.9. The Morgan fingerprint density at radius 3 is 1.55 bits per heavy atom. The predicted molar refractivity (Wildman–Crippen MR) is 109 cm³/mol. The largest absolute Gasteiger partial charge is 0.289 e. The minimum absolute atomic E-state index is 0.194. The lowest BCUT2D eigenvalue weighted by Gasteiger charge is -2.01. The number of allylic oxidation sites excluding steroid dienone is 2. The van der Waals surface area contributed by atoms with Gasteiger partial charge in [-0.05, 0) is 93.4 Å². The molecular weight excluding hydrogens is 498 g/mol. The van der Waals surface area contributed by atoms with Crippen LogP contribution in [-0.4, -0.2) is 5.78 Å². The highest BCUT2D eigenvalue weighted by Gasteiger charge is 2.23. The van der Waals surface area contributed by atoms with Crippen molar-refractivity contribution in [3.05, 3.63) is 77.9 Å². The van der Waals surface area contributed by atoms with Crippen LogP contribution in [0.4, 0.5) is 0 Å². The van der Waals surface area contributed by atoms with Gasteiger partial charge in [0.05, 0.1) is 0 Å². The van der Waals surface area contributed by atoms with E-state index in [1.807, 2.05) is 36.4 Å². The Bertz CT molecular complexity index is 722.